The highest BCUT2D eigenvalue weighted by molar-refractivity contribution is 5.53. The van der Waals surface area contributed by atoms with Gasteiger partial charge in [-0.15, -0.1) is 0 Å². The lowest BCUT2D eigenvalue weighted by Gasteiger charge is -2.49. The highest BCUT2D eigenvalue weighted by atomic mass is 19.1. The molecule has 3 heterocycles. The van der Waals surface area contributed by atoms with Crippen molar-refractivity contribution in [1.29, 1.82) is 0 Å². The molecule has 158 valence electrons. The number of nitrogens with one attached hydrogen (secondary N) is 1. The van der Waals surface area contributed by atoms with E-state index in [0.29, 0.717) is 32.3 Å². The molecular formula is C20H34FN5O2. The summed E-state index contributed by atoms with van der Waals surface area (Å²) in [6.45, 7) is 12.6. The molecule has 8 heteroatoms. The number of piperazine rings is 1. The van der Waals surface area contributed by atoms with Gasteiger partial charge in [-0.25, -0.2) is 4.39 Å². The van der Waals surface area contributed by atoms with E-state index in [1.54, 1.807) is 6.07 Å². The van der Waals surface area contributed by atoms with Gasteiger partial charge >= 0.3 is 0 Å². The van der Waals surface area contributed by atoms with Crippen LogP contribution in [0.25, 0.3) is 0 Å². The molecule has 0 saturated carbocycles. The molecule has 7 nitrogen and oxygen atoms in total. The van der Waals surface area contributed by atoms with Gasteiger partial charge in [0.2, 0.25) is 0 Å². The molecule has 2 aliphatic rings. The molecule has 0 radical (unpaired) electrons. The SMILES string of the molecule is CCOC(CNCc1ncc(F)cc1N1CC(N2CCN(C)CC2)C1)OCC. The van der Waals surface area contributed by atoms with E-state index >= 15 is 0 Å². The fourth-order valence-electron chi connectivity index (χ4n) is 3.78. The maximum absolute atomic E-state index is 13.8. The van der Waals surface area contributed by atoms with Crippen molar-refractivity contribution < 1.29 is 13.9 Å². The van der Waals surface area contributed by atoms with Crippen LogP contribution in [0.4, 0.5) is 10.1 Å². The average molecular weight is 396 g/mol. The first kappa shape index (κ1) is 21.4. The number of rotatable bonds is 10. The Hall–Kier alpha value is -1.32. The van der Waals surface area contributed by atoms with Crippen LogP contribution in [0, 0.1) is 5.82 Å². The standard InChI is InChI=1S/C20H34FN5O2/c1-4-27-20(28-5-2)13-22-12-18-19(10-16(21)11-23-18)26-14-17(15-26)25-8-6-24(3)7-9-25/h10-11,17,20,22H,4-9,12-15H2,1-3H3. The summed E-state index contributed by atoms with van der Waals surface area (Å²) in [6.07, 6.45) is 1.02. The van der Waals surface area contributed by atoms with Gasteiger partial charge in [-0.3, -0.25) is 9.88 Å². The molecule has 0 unspecified atom stereocenters. The summed E-state index contributed by atoms with van der Waals surface area (Å²) in [5, 5.41) is 3.34. The van der Waals surface area contributed by atoms with Crippen LogP contribution in [-0.4, -0.2) is 93.2 Å². The lowest BCUT2D eigenvalue weighted by Crippen LogP contribution is -2.63. The van der Waals surface area contributed by atoms with Crippen molar-refractivity contribution in [3.05, 3.63) is 23.8 Å². The Labute approximate surface area is 167 Å². The summed E-state index contributed by atoms with van der Waals surface area (Å²) >= 11 is 0. The predicted octanol–water partition coefficient (Wildman–Crippen LogP) is 1.15. The number of ether oxygens (including phenoxy) is 2. The fraction of sp³-hybridized carbons (Fsp3) is 0.750. The Morgan fingerprint density at radius 1 is 1.18 bits per heavy atom. The molecule has 0 atom stereocenters. The molecule has 0 spiro atoms. The first-order valence-electron chi connectivity index (χ1n) is 10.4. The van der Waals surface area contributed by atoms with E-state index in [1.165, 1.54) is 6.20 Å². The fourth-order valence-corrected chi connectivity index (χ4v) is 3.78. The second-order valence-electron chi connectivity index (χ2n) is 7.49. The Balaban J connectivity index is 1.53. The van der Waals surface area contributed by atoms with Gasteiger partial charge in [-0.2, -0.15) is 0 Å². The summed E-state index contributed by atoms with van der Waals surface area (Å²) in [6, 6.07) is 2.16. The van der Waals surface area contributed by atoms with E-state index in [2.05, 4.69) is 32.0 Å². The zero-order chi connectivity index (χ0) is 19.9. The summed E-state index contributed by atoms with van der Waals surface area (Å²) in [4.78, 5) is 11.5. The molecular weight excluding hydrogens is 361 g/mol. The minimum absolute atomic E-state index is 0.274. The van der Waals surface area contributed by atoms with Crippen molar-refractivity contribution in [2.24, 2.45) is 0 Å². The number of hydrogen-bond acceptors (Lipinski definition) is 7. The quantitative estimate of drug-likeness (QED) is 0.597. The van der Waals surface area contributed by atoms with Gasteiger partial charge in [0.25, 0.3) is 0 Å². The molecule has 0 bridgehead atoms. The van der Waals surface area contributed by atoms with Crippen LogP contribution in [0.1, 0.15) is 19.5 Å². The molecule has 0 amide bonds. The highest BCUT2D eigenvalue weighted by Crippen LogP contribution is 2.27. The topological polar surface area (TPSA) is 53.1 Å². The van der Waals surface area contributed by atoms with E-state index in [1.807, 2.05) is 13.8 Å². The predicted molar refractivity (Wildman–Crippen MR) is 108 cm³/mol. The summed E-state index contributed by atoms with van der Waals surface area (Å²) in [5.41, 5.74) is 1.76. The third-order valence-electron chi connectivity index (χ3n) is 5.48. The maximum atomic E-state index is 13.8. The third kappa shape index (κ3) is 5.61. The normalized spacial score (nSPS) is 19.4. The molecule has 28 heavy (non-hydrogen) atoms. The van der Waals surface area contributed by atoms with E-state index in [9.17, 15) is 4.39 Å². The maximum Gasteiger partial charge on any atom is 0.169 e. The van der Waals surface area contributed by atoms with Crippen molar-refractivity contribution in [1.82, 2.24) is 20.1 Å². The number of halogens is 1. The smallest absolute Gasteiger partial charge is 0.169 e. The van der Waals surface area contributed by atoms with Gasteiger partial charge in [0.1, 0.15) is 5.82 Å². The first-order chi connectivity index (χ1) is 13.6. The molecule has 0 aromatic carbocycles. The highest BCUT2D eigenvalue weighted by Gasteiger charge is 2.34. The van der Waals surface area contributed by atoms with Crippen molar-refractivity contribution in [2.75, 3.05) is 71.0 Å². The van der Waals surface area contributed by atoms with Crippen LogP contribution in [0.5, 0.6) is 0 Å². The van der Waals surface area contributed by atoms with Crippen LogP contribution in [0.2, 0.25) is 0 Å². The molecule has 1 N–H and O–H groups in total. The van der Waals surface area contributed by atoms with E-state index < -0.39 is 0 Å². The molecule has 2 aliphatic heterocycles. The van der Waals surface area contributed by atoms with Gasteiger partial charge in [0.15, 0.2) is 6.29 Å². The van der Waals surface area contributed by atoms with E-state index in [-0.39, 0.29) is 12.1 Å². The second kappa shape index (κ2) is 10.5. The van der Waals surface area contributed by atoms with Crippen LogP contribution in [0.3, 0.4) is 0 Å². The Bertz CT molecular complexity index is 600. The average Bonchev–Trinajstić information content (AvgIpc) is 2.64. The number of pyridine rings is 1. The zero-order valence-electron chi connectivity index (χ0n) is 17.4. The molecule has 2 saturated heterocycles. The van der Waals surface area contributed by atoms with Crippen molar-refractivity contribution in [3.8, 4) is 0 Å². The van der Waals surface area contributed by atoms with Crippen LogP contribution < -0.4 is 10.2 Å². The van der Waals surface area contributed by atoms with Gasteiger partial charge in [0.05, 0.1) is 17.6 Å². The lowest BCUT2D eigenvalue weighted by molar-refractivity contribution is -0.133. The third-order valence-corrected chi connectivity index (χ3v) is 5.48. The van der Waals surface area contributed by atoms with Gasteiger partial charge in [-0.05, 0) is 20.9 Å². The van der Waals surface area contributed by atoms with Crippen molar-refractivity contribution >= 4 is 5.69 Å². The van der Waals surface area contributed by atoms with Crippen molar-refractivity contribution in [3.63, 3.8) is 0 Å². The largest absolute Gasteiger partial charge is 0.367 e. The second-order valence-corrected chi connectivity index (χ2v) is 7.49. The van der Waals surface area contributed by atoms with Crippen LogP contribution in [0.15, 0.2) is 12.3 Å². The number of hydrogen-bond donors (Lipinski definition) is 1. The number of anilines is 1. The monoisotopic (exact) mass is 395 g/mol. The molecule has 2 fully saturated rings. The minimum atomic E-state index is -0.289. The number of nitrogens with zero attached hydrogens (tertiary/aromatic N) is 4. The van der Waals surface area contributed by atoms with Gasteiger partial charge < -0.3 is 24.6 Å². The van der Waals surface area contributed by atoms with Gasteiger partial charge in [-0.1, -0.05) is 0 Å². The Morgan fingerprint density at radius 2 is 1.86 bits per heavy atom. The molecule has 1 aromatic rings. The lowest BCUT2D eigenvalue weighted by atomic mass is 10.0. The van der Waals surface area contributed by atoms with Crippen molar-refractivity contribution in [2.45, 2.75) is 32.7 Å². The molecule has 1 aromatic heterocycles. The summed E-state index contributed by atoms with van der Waals surface area (Å²) < 4.78 is 25.0. The van der Waals surface area contributed by atoms with E-state index in [4.69, 9.17) is 9.47 Å². The summed E-state index contributed by atoms with van der Waals surface area (Å²) in [7, 11) is 2.17. The Kier molecular flexibility index (Phi) is 7.99. The zero-order valence-corrected chi connectivity index (χ0v) is 17.4. The Morgan fingerprint density at radius 3 is 2.50 bits per heavy atom. The first-order valence-corrected chi connectivity index (χ1v) is 10.4. The minimum Gasteiger partial charge on any atom is -0.367 e. The molecule has 0 aliphatic carbocycles. The van der Waals surface area contributed by atoms with Gasteiger partial charge in [0, 0.05) is 77.7 Å². The van der Waals surface area contributed by atoms with E-state index in [0.717, 1.165) is 50.6 Å². The number of likely N-dealkylation sites (N-methyl/N-ethyl adjacent to an activating group) is 1. The summed E-state index contributed by atoms with van der Waals surface area (Å²) in [5.74, 6) is -0.289. The van der Waals surface area contributed by atoms with Crippen LogP contribution >= 0.6 is 0 Å². The molecule has 3 rings (SSSR count). The van der Waals surface area contributed by atoms with Crippen LogP contribution in [-0.2, 0) is 16.0 Å². The number of aromatic nitrogens is 1.